The molecular weight excluding hydrogens is 306 g/mol. The number of piperidine rings is 1. The van der Waals surface area contributed by atoms with E-state index in [1.54, 1.807) is 4.90 Å². The number of benzene rings is 1. The molecule has 132 valence electrons. The number of anilines is 1. The van der Waals surface area contributed by atoms with Crippen LogP contribution >= 0.6 is 0 Å². The number of para-hydroxylation sites is 1. The lowest BCUT2D eigenvalue weighted by atomic mass is 10.0. The minimum Gasteiger partial charge on any atom is -0.453 e. The third-order valence-electron chi connectivity index (χ3n) is 4.38. The molecule has 2 rings (SSSR count). The summed E-state index contributed by atoms with van der Waals surface area (Å²) in [5.74, 6) is 0.0576. The van der Waals surface area contributed by atoms with Crippen LogP contribution in [0.25, 0.3) is 0 Å². The van der Waals surface area contributed by atoms with Crippen molar-refractivity contribution in [3.8, 4) is 0 Å². The number of alkyl carbamates (subject to hydrolysis) is 1. The van der Waals surface area contributed by atoms with E-state index >= 15 is 0 Å². The quantitative estimate of drug-likeness (QED) is 0.899. The van der Waals surface area contributed by atoms with Crippen molar-refractivity contribution in [3.63, 3.8) is 0 Å². The van der Waals surface area contributed by atoms with Crippen molar-refractivity contribution in [2.45, 2.75) is 32.2 Å². The van der Waals surface area contributed by atoms with E-state index in [1.165, 1.54) is 7.11 Å². The summed E-state index contributed by atoms with van der Waals surface area (Å²) in [4.78, 5) is 28.0. The first-order valence-corrected chi connectivity index (χ1v) is 8.50. The topological polar surface area (TPSA) is 61.9 Å². The molecule has 0 saturated carbocycles. The predicted molar refractivity (Wildman–Crippen MR) is 94.5 cm³/mol. The lowest BCUT2D eigenvalue weighted by molar-refractivity contribution is 0.0795. The van der Waals surface area contributed by atoms with Gasteiger partial charge in [0.1, 0.15) is 0 Å². The maximum atomic E-state index is 12.7. The Kier molecular flexibility index (Phi) is 6.46. The van der Waals surface area contributed by atoms with E-state index in [2.05, 4.69) is 21.9 Å². The van der Waals surface area contributed by atoms with Crippen LogP contribution in [0.4, 0.5) is 10.5 Å². The maximum absolute atomic E-state index is 12.7. The van der Waals surface area contributed by atoms with Gasteiger partial charge in [-0.05, 0) is 31.4 Å². The summed E-state index contributed by atoms with van der Waals surface area (Å²) < 4.78 is 4.65. The fraction of sp³-hybridized carbons (Fsp3) is 0.556. The highest BCUT2D eigenvalue weighted by molar-refractivity contribution is 5.99. The molecule has 1 saturated heterocycles. The monoisotopic (exact) mass is 333 g/mol. The van der Waals surface area contributed by atoms with Gasteiger partial charge in [0.05, 0.1) is 12.7 Å². The minimum absolute atomic E-state index is 0.0576. The van der Waals surface area contributed by atoms with Crippen molar-refractivity contribution < 1.29 is 14.3 Å². The molecule has 0 unspecified atom stereocenters. The fourth-order valence-electron chi connectivity index (χ4n) is 3.06. The van der Waals surface area contributed by atoms with Crippen LogP contribution < -0.4 is 10.2 Å². The molecule has 1 aliphatic rings. The van der Waals surface area contributed by atoms with Crippen LogP contribution in [0, 0.1) is 0 Å². The van der Waals surface area contributed by atoms with Gasteiger partial charge in [0.2, 0.25) is 0 Å². The van der Waals surface area contributed by atoms with Crippen molar-refractivity contribution in [3.05, 3.63) is 29.8 Å². The highest BCUT2D eigenvalue weighted by Gasteiger charge is 2.24. The normalized spacial score (nSPS) is 15.0. The molecule has 0 radical (unpaired) electrons. The number of amides is 2. The number of carbonyl (C=O) groups excluding carboxylic acids is 2. The van der Waals surface area contributed by atoms with Crippen LogP contribution in [0.3, 0.4) is 0 Å². The molecule has 0 spiro atoms. The number of methoxy groups -OCH3 is 1. The van der Waals surface area contributed by atoms with Crippen LogP contribution in [0.15, 0.2) is 24.3 Å². The highest BCUT2D eigenvalue weighted by atomic mass is 16.5. The van der Waals surface area contributed by atoms with Crippen molar-refractivity contribution >= 4 is 17.7 Å². The Balaban J connectivity index is 2.06. The van der Waals surface area contributed by atoms with Gasteiger partial charge >= 0.3 is 6.09 Å². The number of hydrogen-bond donors (Lipinski definition) is 1. The predicted octanol–water partition coefficient (Wildman–Crippen LogP) is 2.49. The fourth-order valence-corrected chi connectivity index (χ4v) is 3.06. The molecule has 6 nitrogen and oxygen atoms in total. The first kappa shape index (κ1) is 18.1. The van der Waals surface area contributed by atoms with Gasteiger partial charge in [-0.1, -0.05) is 19.1 Å². The first-order chi connectivity index (χ1) is 11.6. The molecule has 1 fully saturated rings. The van der Waals surface area contributed by atoms with Gasteiger partial charge in [0.15, 0.2) is 0 Å². The SMILES string of the molecule is CCCN(C)C(=O)c1ccccc1N1CCC(NC(=O)OC)CC1. The molecule has 1 aliphatic heterocycles. The molecule has 1 aromatic rings. The number of nitrogens with one attached hydrogen (secondary N) is 1. The number of ether oxygens (including phenoxy) is 1. The zero-order valence-electron chi connectivity index (χ0n) is 14.7. The smallest absolute Gasteiger partial charge is 0.407 e. The van der Waals surface area contributed by atoms with Crippen LogP contribution in [0.5, 0.6) is 0 Å². The summed E-state index contributed by atoms with van der Waals surface area (Å²) in [6.45, 7) is 4.42. The molecule has 0 aromatic heterocycles. The molecule has 1 N–H and O–H groups in total. The summed E-state index contributed by atoms with van der Waals surface area (Å²) >= 11 is 0. The summed E-state index contributed by atoms with van der Waals surface area (Å²) in [5.41, 5.74) is 1.72. The summed E-state index contributed by atoms with van der Waals surface area (Å²) in [6, 6.07) is 7.88. The van der Waals surface area contributed by atoms with Crippen LogP contribution in [-0.4, -0.2) is 56.7 Å². The van der Waals surface area contributed by atoms with Crippen molar-refractivity contribution in [2.24, 2.45) is 0 Å². The second-order valence-corrected chi connectivity index (χ2v) is 6.14. The van der Waals surface area contributed by atoms with Gasteiger partial charge in [-0.15, -0.1) is 0 Å². The largest absolute Gasteiger partial charge is 0.453 e. The summed E-state index contributed by atoms with van der Waals surface area (Å²) in [6.07, 6.45) is 2.23. The molecule has 2 amide bonds. The summed E-state index contributed by atoms with van der Waals surface area (Å²) in [5, 5.41) is 2.85. The van der Waals surface area contributed by atoms with Crippen molar-refractivity contribution in [1.29, 1.82) is 0 Å². The molecule has 1 aromatic carbocycles. The van der Waals surface area contributed by atoms with E-state index in [0.717, 1.165) is 50.1 Å². The molecule has 0 atom stereocenters. The third-order valence-corrected chi connectivity index (χ3v) is 4.38. The van der Waals surface area contributed by atoms with Gasteiger partial charge in [-0.3, -0.25) is 4.79 Å². The molecule has 0 bridgehead atoms. The number of rotatable bonds is 5. The van der Waals surface area contributed by atoms with Crippen LogP contribution in [0.2, 0.25) is 0 Å². The Hall–Kier alpha value is -2.24. The Labute approximate surface area is 143 Å². The average Bonchev–Trinajstić information content (AvgIpc) is 2.62. The Bertz CT molecular complexity index is 568. The van der Waals surface area contributed by atoms with E-state index in [1.807, 2.05) is 31.3 Å². The molecular formula is C18H27N3O3. The van der Waals surface area contributed by atoms with E-state index in [4.69, 9.17) is 0 Å². The number of nitrogens with zero attached hydrogens (tertiary/aromatic N) is 2. The van der Waals surface area contributed by atoms with Crippen LogP contribution in [0.1, 0.15) is 36.5 Å². The van der Waals surface area contributed by atoms with Gasteiger partial charge in [0, 0.05) is 38.4 Å². The highest BCUT2D eigenvalue weighted by Crippen LogP contribution is 2.25. The Morgan fingerprint density at radius 1 is 1.29 bits per heavy atom. The maximum Gasteiger partial charge on any atom is 0.407 e. The van der Waals surface area contributed by atoms with Gasteiger partial charge < -0.3 is 19.9 Å². The average molecular weight is 333 g/mol. The standard InChI is InChI=1S/C18H27N3O3/c1-4-11-20(2)17(22)15-7-5-6-8-16(15)21-12-9-14(10-13-21)19-18(23)24-3/h5-8,14H,4,9-13H2,1-3H3,(H,19,23). The van der Waals surface area contributed by atoms with Gasteiger partial charge in [-0.2, -0.15) is 0 Å². The van der Waals surface area contributed by atoms with E-state index < -0.39 is 0 Å². The van der Waals surface area contributed by atoms with Crippen molar-refractivity contribution in [2.75, 3.05) is 38.7 Å². The van der Waals surface area contributed by atoms with E-state index in [9.17, 15) is 9.59 Å². The Morgan fingerprint density at radius 2 is 1.96 bits per heavy atom. The lowest BCUT2D eigenvalue weighted by Crippen LogP contribution is -2.45. The van der Waals surface area contributed by atoms with E-state index in [-0.39, 0.29) is 18.0 Å². The van der Waals surface area contributed by atoms with Gasteiger partial charge in [-0.25, -0.2) is 4.79 Å². The zero-order valence-corrected chi connectivity index (χ0v) is 14.7. The number of hydrogen-bond acceptors (Lipinski definition) is 4. The van der Waals surface area contributed by atoms with Crippen LogP contribution in [-0.2, 0) is 4.74 Å². The van der Waals surface area contributed by atoms with Gasteiger partial charge in [0.25, 0.3) is 5.91 Å². The molecule has 24 heavy (non-hydrogen) atoms. The minimum atomic E-state index is -0.384. The molecule has 0 aliphatic carbocycles. The van der Waals surface area contributed by atoms with Crippen molar-refractivity contribution in [1.82, 2.24) is 10.2 Å². The molecule has 1 heterocycles. The zero-order chi connectivity index (χ0) is 17.5. The first-order valence-electron chi connectivity index (χ1n) is 8.50. The Morgan fingerprint density at radius 3 is 2.58 bits per heavy atom. The lowest BCUT2D eigenvalue weighted by Gasteiger charge is -2.35. The number of carbonyl (C=O) groups is 2. The second kappa shape index (κ2) is 8.57. The molecule has 6 heteroatoms. The third kappa shape index (κ3) is 4.40. The second-order valence-electron chi connectivity index (χ2n) is 6.14. The summed E-state index contributed by atoms with van der Waals surface area (Å²) in [7, 11) is 3.22. The van der Waals surface area contributed by atoms with E-state index in [0.29, 0.717) is 0 Å².